The highest BCUT2D eigenvalue weighted by molar-refractivity contribution is 6.19. The number of hydrogen-bond acceptors (Lipinski definition) is 3. The van der Waals surface area contributed by atoms with Gasteiger partial charge in [-0.25, -0.2) is 9.97 Å². The van der Waals surface area contributed by atoms with Crippen molar-refractivity contribution in [2.75, 3.05) is 0 Å². The number of nitrogens with zero attached hydrogens (tertiary/aromatic N) is 4. The second-order valence-electron chi connectivity index (χ2n) is 13.5. The van der Waals surface area contributed by atoms with Crippen LogP contribution < -0.4 is 4.74 Å². The number of aryl methyl sites for hydroxylation is 2. The molecular weight excluding hydrogens is 625 g/mol. The lowest BCUT2D eigenvalue weighted by molar-refractivity contribution is 0.484. The molecule has 0 radical (unpaired) electrons. The van der Waals surface area contributed by atoms with Crippen molar-refractivity contribution in [1.29, 1.82) is 0 Å². The third-order valence-corrected chi connectivity index (χ3v) is 10.6. The average Bonchev–Trinajstić information content (AvgIpc) is 3.75. The third-order valence-electron chi connectivity index (χ3n) is 10.6. The van der Waals surface area contributed by atoms with Gasteiger partial charge in [0, 0.05) is 21.5 Å². The smallest absolute Gasteiger partial charge is 0.146 e. The number of benzene rings is 7. The molecule has 4 aromatic heterocycles. The molecule has 240 valence electrons. The van der Waals surface area contributed by atoms with Crippen molar-refractivity contribution < 1.29 is 4.74 Å². The van der Waals surface area contributed by atoms with E-state index in [1.165, 1.54) is 33.0 Å². The summed E-state index contributed by atoms with van der Waals surface area (Å²) in [5.41, 5.74) is 13.2. The summed E-state index contributed by atoms with van der Waals surface area (Å²) < 4.78 is 11.3. The van der Waals surface area contributed by atoms with Crippen molar-refractivity contribution in [3.8, 4) is 22.6 Å². The molecule has 7 aromatic carbocycles. The molecule has 0 amide bonds. The molecule has 0 saturated carbocycles. The van der Waals surface area contributed by atoms with Crippen molar-refractivity contribution in [2.24, 2.45) is 0 Å². The molecule has 0 saturated heterocycles. The molecule has 0 N–H and O–H groups in total. The Kier molecular flexibility index (Phi) is 5.74. The van der Waals surface area contributed by atoms with Crippen LogP contribution in [0.25, 0.3) is 87.8 Å². The highest BCUT2D eigenvalue weighted by Gasteiger charge is 2.19. The summed E-state index contributed by atoms with van der Waals surface area (Å²) in [5, 5.41) is 6.78. The van der Waals surface area contributed by atoms with Gasteiger partial charge in [-0.3, -0.25) is 8.80 Å². The third kappa shape index (κ3) is 3.97. The Morgan fingerprint density at radius 1 is 0.431 bits per heavy atom. The van der Waals surface area contributed by atoms with E-state index in [1.54, 1.807) is 0 Å². The maximum absolute atomic E-state index is 6.74. The van der Waals surface area contributed by atoms with Crippen LogP contribution >= 0.6 is 0 Å². The van der Waals surface area contributed by atoms with Crippen LogP contribution in [-0.2, 0) is 0 Å². The predicted molar refractivity (Wildman–Crippen MR) is 210 cm³/mol. The SMILES string of the molecule is Cc1cccc(C)c1-c1cccc2c1c1ccc(Oc3ccc4c5ccccc5n5c6ccccc6nc5c4c3)cc1c1nc3ccccc3n21. The second kappa shape index (κ2) is 10.4. The van der Waals surface area contributed by atoms with E-state index >= 15 is 0 Å². The van der Waals surface area contributed by atoms with Gasteiger partial charge < -0.3 is 4.74 Å². The van der Waals surface area contributed by atoms with E-state index in [0.29, 0.717) is 0 Å². The van der Waals surface area contributed by atoms with Crippen molar-refractivity contribution >= 4 is 76.7 Å². The summed E-state index contributed by atoms with van der Waals surface area (Å²) in [6, 6.07) is 51.3. The molecule has 11 aromatic rings. The molecule has 5 heteroatoms. The summed E-state index contributed by atoms with van der Waals surface area (Å²) in [6.07, 6.45) is 0. The van der Waals surface area contributed by atoms with E-state index in [0.717, 1.165) is 77.4 Å². The van der Waals surface area contributed by atoms with Crippen LogP contribution in [0.4, 0.5) is 0 Å². The summed E-state index contributed by atoms with van der Waals surface area (Å²) in [5.74, 6) is 1.51. The van der Waals surface area contributed by atoms with Crippen LogP contribution in [-0.4, -0.2) is 18.8 Å². The molecule has 0 unspecified atom stereocenters. The van der Waals surface area contributed by atoms with E-state index in [9.17, 15) is 0 Å². The van der Waals surface area contributed by atoms with Crippen molar-refractivity contribution in [3.63, 3.8) is 0 Å². The number of aromatic nitrogens is 4. The summed E-state index contributed by atoms with van der Waals surface area (Å²) in [7, 11) is 0. The molecular formula is C46H30N4O. The minimum atomic E-state index is 0.755. The lowest BCUT2D eigenvalue weighted by Gasteiger charge is -2.17. The largest absolute Gasteiger partial charge is 0.457 e. The van der Waals surface area contributed by atoms with Crippen LogP contribution in [0.2, 0.25) is 0 Å². The molecule has 5 nitrogen and oxygen atoms in total. The highest BCUT2D eigenvalue weighted by atomic mass is 16.5. The number of pyridine rings is 2. The van der Waals surface area contributed by atoms with Crippen molar-refractivity contribution in [3.05, 3.63) is 157 Å². The zero-order valence-electron chi connectivity index (χ0n) is 28.1. The monoisotopic (exact) mass is 654 g/mol. The number of rotatable bonds is 3. The Morgan fingerprint density at radius 3 is 1.65 bits per heavy atom. The van der Waals surface area contributed by atoms with Gasteiger partial charge in [0.25, 0.3) is 0 Å². The average molecular weight is 655 g/mol. The first-order valence-corrected chi connectivity index (χ1v) is 17.3. The molecule has 0 bridgehead atoms. The zero-order chi connectivity index (χ0) is 33.8. The van der Waals surface area contributed by atoms with Crippen LogP contribution in [0.1, 0.15) is 11.1 Å². The molecule has 11 rings (SSSR count). The van der Waals surface area contributed by atoms with Gasteiger partial charge in [0.05, 0.1) is 33.1 Å². The van der Waals surface area contributed by atoms with Gasteiger partial charge in [0.1, 0.15) is 22.8 Å². The number of ether oxygens (including phenoxy) is 1. The quantitative estimate of drug-likeness (QED) is 0.178. The number of hydrogen-bond donors (Lipinski definition) is 0. The maximum Gasteiger partial charge on any atom is 0.146 e. The molecule has 0 fully saturated rings. The van der Waals surface area contributed by atoms with Gasteiger partial charge in [-0.2, -0.15) is 0 Å². The van der Waals surface area contributed by atoms with E-state index in [-0.39, 0.29) is 0 Å². The summed E-state index contributed by atoms with van der Waals surface area (Å²) in [4.78, 5) is 10.3. The fourth-order valence-electron chi connectivity index (χ4n) is 8.39. The Bertz CT molecular complexity index is 3240. The number of imidazole rings is 2. The number of fused-ring (bicyclic) bond motifs is 16. The first-order valence-electron chi connectivity index (χ1n) is 17.3. The number of para-hydroxylation sites is 5. The molecule has 0 aliphatic rings. The molecule has 0 aliphatic heterocycles. The predicted octanol–water partition coefficient (Wildman–Crippen LogP) is 12.0. The van der Waals surface area contributed by atoms with E-state index in [1.807, 2.05) is 6.07 Å². The summed E-state index contributed by atoms with van der Waals surface area (Å²) >= 11 is 0. The first kappa shape index (κ1) is 28.2. The van der Waals surface area contributed by atoms with Crippen LogP contribution in [0.5, 0.6) is 11.5 Å². The maximum atomic E-state index is 6.74. The molecule has 0 spiro atoms. The lowest BCUT2D eigenvalue weighted by atomic mass is 9.91. The van der Waals surface area contributed by atoms with Gasteiger partial charge in [-0.05, 0) is 120 Å². The Labute approximate surface area is 292 Å². The van der Waals surface area contributed by atoms with Crippen LogP contribution in [0.3, 0.4) is 0 Å². The standard InChI is InChI=1S/C46H30N4O/c1-27-11-9-12-28(2)43(27)34-14-10-20-42-44(34)33-24-22-30(26-36(33)46-48-38-16-5-8-19-41(38)50(42)46)51-29-21-23-31-32-13-3-6-17-39(32)49-40-18-7-4-15-37(40)47-45(49)35(31)25-29/h3-26H,1-2H3. The fraction of sp³-hybridized carbons (Fsp3) is 0.0435. The lowest BCUT2D eigenvalue weighted by Crippen LogP contribution is -1.96. The normalized spacial score (nSPS) is 12.1. The minimum Gasteiger partial charge on any atom is -0.457 e. The van der Waals surface area contributed by atoms with E-state index in [4.69, 9.17) is 14.7 Å². The van der Waals surface area contributed by atoms with E-state index < -0.39 is 0 Å². The van der Waals surface area contributed by atoms with Gasteiger partial charge in [0.2, 0.25) is 0 Å². The van der Waals surface area contributed by atoms with Gasteiger partial charge >= 0.3 is 0 Å². The zero-order valence-corrected chi connectivity index (χ0v) is 28.1. The van der Waals surface area contributed by atoms with E-state index in [2.05, 4.69) is 162 Å². The van der Waals surface area contributed by atoms with Gasteiger partial charge in [-0.1, -0.05) is 72.8 Å². The molecule has 4 heterocycles. The van der Waals surface area contributed by atoms with Gasteiger partial charge in [-0.15, -0.1) is 0 Å². The second-order valence-corrected chi connectivity index (χ2v) is 13.5. The van der Waals surface area contributed by atoms with Crippen molar-refractivity contribution in [2.45, 2.75) is 13.8 Å². The Morgan fingerprint density at radius 2 is 0.961 bits per heavy atom. The Hall–Kier alpha value is -6.72. The minimum absolute atomic E-state index is 0.755. The van der Waals surface area contributed by atoms with Crippen LogP contribution in [0, 0.1) is 13.8 Å². The molecule has 0 aliphatic carbocycles. The van der Waals surface area contributed by atoms with Crippen LogP contribution in [0.15, 0.2) is 146 Å². The topological polar surface area (TPSA) is 43.8 Å². The van der Waals surface area contributed by atoms with Crippen molar-refractivity contribution in [1.82, 2.24) is 18.8 Å². The highest BCUT2D eigenvalue weighted by Crippen LogP contribution is 2.42. The Balaban J connectivity index is 1.16. The molecule has 0 atom stereocenters. The molecule has 51 heavy (non-hydrogen) atoms. The fourth-order valence-corrected chi connectivity index (χ4v) is 8.39. The first-order chi connectivity index (χ1) is 25.1. The summed E-state index contributed by atoms with van der Waals surface area (Å²) in [6.45, 7) is 4.40. The van der Waals surface area contributed by atoms with Gasteiger partial charge in [0.15, 0.2) is 0 Å².